The molecule has 35 heavy (non-hydrogen) atoms. The summed E-state index contributed by atoms with van der Waals surface area (Å²) >= 11 is 3.38. The number of aromatic nitrogens is 1. The molecule has 3 aromatic carbocycles. The number of carbonyl (C=O) groups is 2. The van der Waals surface area contributed by atoms with Crippen LogP contribution < -0.4 is 10.2 Å². The van der Waals surface area contributed by atoms with E-state index in [1.54, 1.807) is 41.4 Å². The molecule has 0 saturated carbocycles. The molecule has 2 heterocycles. The summed E-state index contributed by atoms with van der Waals surface area (Å²) in [6, 6.07) is 29.2. The van der Waals surface area contributed by atoms with Gasteiger partial charge in [0.25, 0.3) is 11.8 Å². The fourth-order valence-corrected chi connectivity index (χ4v) is 3.90. The lowest BCUT2D eigenvalue weighted by Crippen LogP contribution is -2.32. The molecule has 0 unspecified atom stereocenters. The van der Waals surface area contributed by atoms with Gasteiger partial charge in [-0.25, -0.2) is 4.99 Å². The zero-order valence-corrected chi connectivity index (χ0v) is 20.0. The number of hydrogen-bond acceptors (Lipinski definition) is 4. The van der Waals surface area contributed by atoms with E-state index in [9.17, 15) is 9.59 Å². The molecule has 0 radical (unpaired) electrons. The van der Waals surface area contributed by atoms with E-state index in [2.05, 4.69) is 31.2 Å². The van der Waals surface area contributed by atoms with Crippen LogP contribution in [0.2, 0.25) is 0 Å². The smallest absolute Gasteiger partial charge is 0.282 e. The van der Waals surface area contributed by atoms with Crippen LogP contribution in [0.15, 0.2) is 118 Å². The van der Waals surface area contributed by atoms with Crippen LogP contribution in [0, 0.1) is 0 Å². The van der Waals surface area contributed by atoms with Gasteiger partial charge in [0.05, 0.1) is 11.4 Å². The van der Waals surface area contributed by atoms with Gasteiger partial charge in [-0.15, -0.1) is 0 Å². The number of carbonyl (C=O) groups excluding carboxylic acids is 2. The third kappa shape index (κ3) is 4.95. The number of benzene rings is 3. The number of nitrogens with zero attached hydrogens (tertiary/aromatic N) is 3. The Labute approximate surface area is 210 Å². The van der Waals surface area contributed by atoms with E-state index in [0.29, 0.717) is 34.2 Å². The summed E-state index contributed by atoms with van der Waals surface area (Å²) in [5.41, 5.74) is 3.53. The van der Waals surface area contributed by atoms with Gasteiger partial charge in [-0.2, -0.15) is 0 Å². The van der Waals surface area contributed by atoms with Crippen molar-refractivity contribution in [3.63, 3.8) is 0 Å². The highest BCUT2D eigenvalue weighted by Gasteiger charge is 2.32. The molecule has 7 heteroatoms. The number of halogens is 1. The summed E-state index contributed by atoms with van der Waals surface area (Å²) in [4.78, 5) is 36.6. The molecule has 5 rings (SSSR count). The maximum absolute atomic E-state index is 13.4. The number of hydrogen-bond donors (Lipinski definition) is 1. The van der Waals surface area contributed by atoms with Gasteiger partial charge in [-0.3, -0.25) is 19.5 Å². The summed E-state index contributed by atoms with van der Waals surface area (Å²) < 4.78 is 0.933. The molecule has 0 saturated heterocycles. The number of amidine groups is 1. The first-order chi connectivity index (χ1) is 17.1. The molecular weight excluding hydrogens is 504 g/mol. The molecule has 1 aliphatic rings. The van der Waals surface area contributed by atoms with Crippen molar-refractivity contribution in [3.8, 4) is 0 Å². The van der Waals surface area contributed by atoms with Crippen LogP contribution in [0.25, 0.3) is 6.08 Å². The first kappa shape index (κ1) is 22.4. The van der Waals surface area contributed by atoms with Crippen molar-refractivity contribution >= 4 is 51.0 Å². The average Bonchev–Trinajstić information content (AvgIpc) is 3.22. The molecule has 0 bridgehead atoms. The highest BCUT2D eigenvalue weighted by atomic mass is 79.9. The molecule has 6 nitrogen and oxygen atoms in total. The second kappa shape index (κ2) is 9.87. The van der Waals surface area contributed by atoms with Crippen LogP contribution in [-0.4, -0.2) is 22.6 Å². The molecule has 170 valence electrons. The molecule has 0 spiro atoms. The Hall–Kier alpha value is -4.36. The Morgan fingerprint density at radius 2 is 1.57 bits per heavy atom. The van der Waals surface area contributed by atoms with Crippen molar-refractivity contribution in [2.45, 2.75) is 0 Å². The lowest BCUT2D eigenvalue weighted by atomic mass is 10.1. The third-order valence-electron chi connectivity index (χ3n) is 5.35. The molecule has 0 fully saturated rings. The van der Waals surface area contributed by atoms with E-state index in [4.69, 9.17) is 0 Å². The van der Waals surface area contributed by atoms with Gasteiger partial charge in [-0.1, -0.05) is 52.3 Å². The van der Waals surface area contributed by atoms with Gasteiger partial charge in [0.1, 0.15) is 11.5 Å². The van der Waals surface area contributed by atoms with Crippen LogP contribution in [0.3, 0.4) is 0 Å². The van der Waals surface area contributed by atoms with Crippen molar-refractivity contribution in [2.24, 2.45) is 4.99 Å². The largest absolute Gasteiger partial charge is 0.322 e. The molecule has 2 amide bonds. The summed E-state index contributed by atoms with van der Waals surface area (Å²) in [6.45, 7) is 0. The van der Waals surface area contributed by atoms with Crippen molar-refractivity contribution in [3.05, 3.63) is 130 Å². The van der Waals surface area contributed by atoms with Crippen LogP contribution in [0.4, 0.5) is 11.4 Å². The van der Waals surface area contributed by atoms with Crippen LogP contribution >= 0.6 is 15.9 Å². The normalized spacial score (nSPS) is 14.2. The molecule has 0 atom stereocenters. The average molecular weight is 523 g/mol. The Morgan fingerprint density at radius 3 is 2.26 bits per heavy atom. The van der Waals surface area contributed by atoms with Crippen LogP contribution in [0.1, 0.15) is 21.6 Å². The molecular formula is C28H19BrN4O2. The van der Waals surface area contributed by atoms with Gasteiger partial charge in [-0.05, 0) is 66.7 Å². The van der Waals surface area contributed by atoms with Gasteiger partial charge < -0.3 is 5.32 Å². The minimum Gasteiger partial charge on any atom is -0.322 e. The molecule has 1 N–H and O–H groups in total. The highest BCUT2D eigenvalue weighted by molar-refractivity contribution is 9.10. The Balaban J connectivity index is 1.44. The van der Waals surface area contributed by atoms with E-state index in [0.717, 1.165) is 10.0 Å². The number of pyridine rings is 1. The van der Waals surface area contributed by atoms with Crippen LogP contribution in [-0.2, 0) is 4.79 Å². The first-order valence-corrected chi connectivity index (χ1v) is 11.7. The molecule has 1 aliphatic heterocycles. The standard InChI is InChI=1S/C28H19BrN4O2/c29-21-11-13-22(14-12-21)31-27(34)20-9-15-24(16-10-20)33-26(19-6-2-1-3-7-19)32-25(28(33)35)18-23-8-4-5-17-30-23/h1-18H,(H,31,34)/b25-18-. The number of amides is 2. The van der Waals surface area contributed by atoms with E-state index < -0.39 is 0 Å². The van der Waals surface area contributed by atoms with E-state index in [1.807, 2.05) is 72.8 Å². The van der Waals surface area contributed by atoms with Gasteiger partial charge in [0, 0.05) is 27.5 Å². The van der Waals surface area contributed by atoms with Gasteiger partial charge in [0.2, 0.25) is 0 Å². The first-order valence-electron chi connectivity index (χ1n) is 10.9. The summed E-state index contributed by atoms with van der Waals surface area (Å²) in [5.74, 6) is 0.0192. The SMILES string of the molecule is O=C(Nc1ccc(Br)cc1)c1ccc(N2C(=O)/C(=C/c3ccccn3)N=C2c2ccccc2)cc1. The Morgan fingerprint density at radius 1 is 0.857 bits per heavy atom. The predicted octanol–water partition coefficient (Wildman–Crippen LogP) is 5.93. The van der Waals surface area contributed by atoms with Crippen molar-refractivity contribution < 1.29 is 9.59 Å². The zero-order chi connectivity index (χ0) is 24.2. The lowest BCUT2D eigenvalue weighted by Gasteiger charge is -2.19. The Kier molecular flexibility index (Phi) is 6.32. The molecule has 4 aromatic rings. The summed E-state index contributed by atoms with van der Waals surface area (Å²) in [5, 5.41) is 2.87. The van der Waals surface area contributed by atoms with Crippen molar-refractivity contribution in [1.29, 1.82) is 0 Å². The molecule has 0 aliphatic carbocycles. The summed E-state index contributed by atoms with van der Waals surface area (Å²) in [7, 11) is 0. The van der Waals surface area contributed by atoms with E-state index in [-0.39, 0.29) is 11.8 Å². The third-order valence-corrected chi connectivity index (χ3v) is 5.88. The second-order valence-corrected chi connectivity index (χ2v) is 8.65. The topological polar surface area (TPSA) is 74.7 Å². The zero-order valence-electron chi connectivity index (χ0n) is 18.4. The Bertz CT molecular complexity index is 1430. The summed E-state index contributed by atoms with van der Waals surface area (Å²) in [6.07, 6.45) is 3.34. The quantitative estimate of drug-likeness (QED) is 0.330. The van der Waals surface area contributed by atoms with Crippen LogP contribution in [0.5, 0.6) is 0 Å². The van der Waals surface area contributed by atoms with Gasteiger partial charge in [0.15, 0.2) is 0 Å². The van der Waals surface area contributed by atoms with E-state index >= 15 is 0 Å². The number of aliphatic imine (C=N–C) groups is 1. The predicted molar refractivity (Wildman–Crippen MR) is 141 cm³/mol. The van der Waals surface area contributed by atoms with Gasteiger partial charge >= 0.3 is 0 Å². The highest BCUT2D eigenvalue weighted by Crippen LogP contribution is 2.28. The maximum Gasteiger partial charge on any atom is 0.282 e. The lowest BCUT2D eigenvalue weighted by molar-refractivity contribution is -0.113. The minimum absolute atomic E-state index is 0.237. The fourth-order valence-electron chi connectivity index (χ4n) is 3.64. The molecule has 1 aromatic heterocycles. The number of rotatable bonds is 5. The van der Waals surface area contributed by atoms with Crippen molar-refractivity contribution in [2.75, 3.05) is 10.2 Å². The monoisotopic (exact) mass is 522 g/mol. The van der Waals surface area contributed by atoms with Crippen molar-refractivity contribution in [1.82, 2.24) is 4.98 Å². The van der Waals surface area contributed by atoms with E-state index in [1.165, 1.54) is 0 Å². The number of anilines is 2. The number of nitrogens with one attached hydrogen (secondary N) is 1. The minimum atomic E-state index is -0.262. The maximum atomic E-state index is 13.4. The second-order valence-electron chi connectivity index (χ2n) is 7.73. The fraction of sp³-hybridized carbons (Fsp3) is 0.